The van der Waals surface area contributed by atoms with Crippen LogP contribution in [-0.2, 0) is 11.3 Å². The van der Waals surface area contributed by atoms with Crippen molar-refractivity contribution in [3.05, 3.63) is 23.8 Å². The maximum Gasteiger partial charge on any atom is 0.234 e. The first-order chi connectivity index (χ1) is 13.5. The van der Waals surface area contributed by atoms with Crippen LogP contribution in [0.2, 0.25) is 0 Å². The van der Waals surface area contributed by atoms with Gasteiger partial charge in [0.05, 0.1) is 20.8 Å². The molecule has 1 fully saturated rings. The Hall–Kier alpha value is -1.79. The summed E-state index contributed by atoms with van der Waals surface area (Å²) < 4.78 is 10.7. The quantitative estimate of drug-likeness (QED) is 0.720. The monoisotopic (exact) mass is 405 g/mol. The van der Waals surface area contributed by atoms with Gasteiger partial charge in [0.25, 0.3) is 0 Å². The average Bonchev–Trinajstić information content (AvgIpc) is 2.60. The molecule has 2 rings (SSSR count). The van der Waals surface area contributed by atoms with Crippen molar-refractivity contribution in [3.63, 3.8) is 0 Å². The van der Waals surface area contributed by atoms with E-state index in [4.69, 9.17) is 9.47 Å². The highest BCUT2D eigenvalue weighted by molar-refractivity contribution is 5.78. The largest absolute Gasteiger partial charge is 0.493 e. The third kappa shape index (κ3) is 7.86. The summed E-state index contributed by atoms with van der Waals surface area (Å²) in [4.78, 5) is 17.2. The van der Waals surface area contributed by atoms with E-state index >= 15 is 0 Å². The molecule has 0 radical (unpaired) electrons. The molecule has 0 spiro atoms. The fraction of sp³-hybridized carbons (Fsp3) is 0.696. The third-order valence-corrected chi connectivity index (χ3v) is 5.14. The molecule has 1 amide bonds. The number of hydrogen-bond acceptors (Lipinski definition) is 5. The molecule has 1 saturated heterocycles. The third-order valence-electron chi connectivity index (χ3n) is 5.14. The van der Waals surface area contributed by atoms with Gasteiger partial charge in [-0.1, -0.05) is 26.8 Å². The number of benzene rings is 1. The number of nitrogens with zero attached hydrogens (tertiary/aromatic N) is 2. The van der Waals surface area contributed by atoms with Crippen LogP contribution >= 0.6 is 0 Å². The SMILES string of the molecule is COc1ccc(CN2CCN(CC(=O)NC(C)(C)CC(C)(C)C)CC2)cc1OC. The van der Waals surface area contributed by atoms with Gasteiger partial charge in [-0.25, -0.2) is 0 Å². The van der Waals surface area contributed by atoms with Crippen LogP contribution in [0.4, 0.5) is 0 Å². The van der Waals surface area contributed by atoms with Crippen LogP contribution in [0.1, 0.15) is 46.6 Å². The summed E-state index contributed by atoms with van der Waals surface area (Å²) in [5.74, 6) is 1.63. The lowest BCUT2D eigenvalue weighted by Crippen LogP contribution is -2.52. The minimum Gasteiger partial charge on any atom is -0.493 e. The first kappa shape index (κ1) is 23.5. The number of nitrogens with one attached hydrogen (secondary N) is 1. The van der Waals surface area contributed by atoms with Gasteiger partial charge in [-0.15, -0.1) is 0 Å². The zero-order valence-corrected chi connectivity index (χ0v) is 19.3. The van der Waals surface area contributed by atoms with Gasteiger partial charge in [-0.3, -0.25) is 14.6 Å². The van der Waals surface area contributed by atoms with E-state index in [0.29, 0.717) is 6.54 Å². The Bertz CT molecular complexity index is 674. The average molecular weight is 406 g/mol. The lowest BCUT2D eigenvalue weighted by Gasteiger charge is -2.36. The number of piperazine rings is 1. The lowest BCUT2D eigenvalue weighted by molar-refractivity contribution is -0.124. The molecule has 1 heterocycles. The Balaban J connectivity index is 1.80. The van der Waals surface area contributed by atoms with E-state index in [9.17, 15) is 4.79 Å². The van der Waals surface area contributed by atoms with Crippen LogP contribution in [0.3, 0.4) is 0 Å². The number of hydrogen-bond donors (Lipinski definition) is 1. The van der Waals surface area contributed by atoms with Gasteiger partial charge in [-0.05, 0) is 43.4 Å². The molecule has 0 aromatic heterocycles. The number of amides is 1. The molecular weight excluding hydrogens is 366 g/mol. The molecule has 29 heavy (non-hydrogen) atoms. The summed E-state index contributed by atoms with van der Waals surface area (Å²) in [6.45, 7) is 15.9. The van der Waals surface area contributed by atoms with Crippen molar-refractivity contribution in [1.82, 2.24) is 15.1 Å². The minimum absolute atomic E-state index is 0.118. The van der Waals surface area contributed by atoms with Crippen LogP contribution < -0.4 is 14.8 Å². The Morgan fingerprint density at radius 3 is 2.10 bits per heavy atom. The second-order valence-corrected chi connectivity index (χ2v) is 9.91. The van der Waals surface area contributed by atoms with E-state index in [-0.39, 0.29) is 16.9 Å². The summed E-state index contributed by atoms with van der Waals surface area (Å²) in [7, 11) is 3.31. The van der Waals surface area contributed by atoms with Gasteiger partial charge in [0.1, 0.15) is 0 Å². The molecule has 6 nitrogen and oxygen atoms in total. The van der Waals surface area contributed by atoms with E-state index in [1.165, 1.54) is 5.56 Å². The summed E-state index contributed by atoms with van der Waals surface area (Å²) in [5.41, 5.74) is 1.20. The van der Waals surface area contributed by atoms with Gasteiger partial charge >= 0.3 is 0 Å². The first-order valence-electron chi connectivity index (χ1n) is 10.5. The molecule has 1 aromatic carbocycles. The van der Waals surface area contributed by atoms with Gasteiger partial charge in [0.15, 0.2) is 11.5 Å². The molecule has 1 aliphatic rings. The van der Waals surface area contributed by atoms with E-state index in [1.807, 2.05) is 12.1 Å². The summed E-state index contributed by atoms with van der Waals surface area (Å²) in [6.07, 6.45) is 0.949. The van der Waals surface area contributed by atoms with E-state index in [0.717, 1.165) is 50.6 Å². The zero-order valence-electron chi connectivity index (χ0n) is 19.3. The standard InChI is InChI=1S/C23H39N3O3/c1-22(2,3)17-23(4,5)24-21(27)16-26-12-10-25(11-13-26)15-18-8-9-19(28-6)20(14-18)29-7/h8-9,14H,10-13,15-17H2,1-7H3,(H,24,27). The van der Waals surface area contributed by atoms with E-state index < -0.39 is 0 Å². The highest BCUT2D eigenvalue weighted by atomic mass is 16.5. The molecule has 1 aromatic rings. The first-order valence-corrected chi connectivity index (χ1v) is 10.5. The van der Waals surface area contributed by atoms with Crippen molar-refractivity contribution in [2.75, 3.05) is 46.9 Å². The molecule has 0 aliphatic carbocycles. The van der Waals surface area contributed by atoms with Crippen molar-refractivity contribution in [2.45, 2.75) is 53.1 Å². The molecule has 1 aliphatic heterocycles. The molecule has 164 valence electrons. The van der Waals surface area contributed by atoms with E-state index in [1.54, 1.807) is 14.2 Å². The van der Waals surface area contributed by atoms with Crippen molar-refractivity contribution in [1.29, 1.82) is 0 Å². The van der Waals surface area contributed by atoms with Crippen LogP contribution in [0.15, 0.2) is 18.2 Å². The van der Waals surface area contributed by atoms with E-state index in [2.05, 4.69) is 55.8 Å². The highest BCUT2D eigenvalue weighted by Gasteiger charge is 2.28. The predicted octanol–water partition coefficient (Wildman–Crippen LogP) is 3.15. The van der Waals surface area contributed by atoms with Gasteiger partial charge in [0, 0.05) is 38.3 Å². The summed E-state index contributed by atoms with van der Waals surface area (Å²) >= 11 is 0. The number of methoxy groups -OCH3 is 2. The number of carbonyl (C=O) groups excluding carboxylic acids is 1. The van der Waals surface area contributed by atoms with Crippen LogP contribution in [0, 0.1) is 5.41 Å². The Morgan fingerprint density at radius 1 is 0.966 bits per heavy atom. The fourth-order valence-corrected chi connectivity index (χ4v) is 4.33. The van der Waals surface area contributed by atoms with Crippen molar-refractivity contribution < 1.29 is 14.3 Å². The van der Waals surface area contributed by atoms with Gasteiger partial charge in [-0.2, -0.15) is 0 Å². The second-order valence-electron chi connectivity index (χ2n) is 9.91. The smallest absolute Gasteiger partial charge is 0.234 e. The molecule has 0 unspecified atom stereocenters. The summed E-state index contributed by atoms with van der Waals surface area (Å²) in [6, 6.07) is 6.07. The molecule has 6 heteroatoms. The zero-order chi connectivity index (χ0) is 21.7. The molecule has 0 saturated carbocycles. The maximum atomic E-state index is 12.5. The molecular formula is C23H39N3O3. The number of rotatable bonds is 8. The van der Waals surface area contributed by atoms with Gasteiger partial charge in [0.2, 0.25) is 5.91 Å². The van der Waals surface area contributed by atoms with Crippen LogP contribution in [0.25, 0.3) is 0 Å². The van der Waals surface area contributed by atoms with Gasteiger partial charge < -0.3 is 14.8 Å². The lowest BCUT2D eigenvalue weighted by atomic mass is 9.82. The van der Waals surface area contributed by atoms with Crippen LogP contribution in [0.5, 0.6) is 11.5 Å². The number of ether oxygens (including phenoxy) is 2. The maximum absolute atomic E-state index is 12.5. The minimum atomic E-state index is -0.190. The Morgan fingerprint density at radius 2 is 1.55 bits per heavy atom. The second kappa shape index (κ2) is 9.81. The molecule has 0 atom stereocenters. The highest BCUT2D eigenvalue weighted by Crippen LogP contribution is 2.28. The Labute approximate surface area is 176 Å². The topological polar surface area (TPSA) is 54.0 Å². The summed E-state index contributed by atoms with van der Waals surface area (Å²) in [5, 5.41) is 3.21. The van der Waals surface area contributed by atoms with Crippen LogP contribution in [-0.4, -0.2) is 68.2 Å². The predicted molar refractivity (Wildman–Crippen MR) is 118 cm³/mol. The fourth-order valence-electron chi connectivity index (χ4n) is 4.33. The van der Waals surface area contributed by atoms with Crippen molar-refractivity contribution in [3.8, 4) is 11.5 Å². The molecule has 0 bridgehead atoms. The van der Waals surface area contributed by atoms with Crippen molar-refractivity contribution in [2.24, 2.45) is 5.41 Å². The normalized spacial score (nSPS) is 16.5. The van der Waals surface area contributed by atoms with Crippen molar-refractivity contribution >= 4 is 5.91 Å². The Kier molecular flexibility index (Phi) is 7.94. The molecule has 1 N–H and O–H groups in total. The number of carbonyl (C=O) groups is 1.